The van der Waals surface area contributed by atoms with Gasteiger partial charge in [0.1, 0.15) is 0 Å². The second-order valence-corrected chi connectivity index (χ2v) is 5.48. The summed E-state index contributed by atoms with van der Waals surface area (Å²) in [6.07, 6.45) is 7.93. The van der Waals surface area contributed by atoms with Crippen LogP contribution in [0.3, 0.4) is 0 Å². The van der Waals surface area contributed by atoms with Gasteiger partial charge in [-0.3, -0.25) is 4.98 Å². The number of nitrogens with one attached hydrogen (secondary N) is 1. The molecule has 0 spiro atoms. The Kier molecular flexibility index (Phi) is 3.53. The summed E-state index contributed by atoms with van der Waals surface area (Å²) in [4.78, 5) is 8.75. The van der Waals surface area contributed by atoms with Crippen LogP contribution in [0.25, 0.3) is 11.4 Å². The van der Waals surface area contributed by atoms with Crippen LogP contribution in [0.4, 0.5) is 0 Å². The summed E-state index contributed by atoms with van der Waals surface area (Å²) < 4.78 is 5.57. The van der Waals surface area contributed by atoms with E-state index in [1.807, 2.05) is 19.2 Å². The first kappa shape index (κ1) is 13.2. The molecule has 1 atom stereocenters. The molecule has 1 N–H and O–H groups in total. The lowest BCUT2D eigenvalue weighted by molar-refractivity contribution is 0.241. The molecule has 0 bridgehead atoms. The lowest BCUT2D eigenvalue weighted by atomic mass is 9.92. The van der Waals surface area contributed by atoms with Crippen molar-refractivity contribution in [3.05, 3.63) is 29.9 Å². The third kappa shape index (κ3) is 2.22. The second kappa shape index (κ2) is 5.32. The topological polar surface area (TPSA) is 63.8 Å². The molecule has 0 amide bonds. The Morgan fingerprint density at radius 3 is 3.05 bits per heavy atom. The van der Waals surface area contributed by atoms with Crippen molar-refractivity contribution in [3.63, 3.8) is 0 Å². The first-order valence-corrected chi connectivity index (χ1v) is 7.25. The van der Waals surface area contributed by atoms with Crippen molar-refractivity contribution in [2.45, 2.75) is 45.1 Å². The molecule has 1 aliphatic rings. The summed E-state index contributed by atoms with van der Waals surface area (Å²) in [6, 6.07) is 1.93. The van der Waals surface area contributed by atoms with Crippen LogP contribution in [0.5, 0.6) is 0 Å². The number of nitrogens with zero attached hydrogens (tertiary/aromatic N) is 3. The maximum Gasteiger partial charge on any atom is 0.247 e. The highest BCUT2D eigenvalue weighted by Crippen LogP contribution is 2.35. The van der Waals surface area contributed by atoms with E-state index in [2.05, 4.69) is 27.4 Å². The highest BCUT2D eigenvalue weighted by molar-refractivity contribution is 5.58. The summed E-state index contributed by atoms with van der Waals surface area (Å²) in [6.45, 7) is 5.21. The van der Waals surface area contributed by atoms with Crippen LogP contribution in [0.1, 0.15) is 44.1 Å². The summed E-state index contributed by atoms with van der Waals surface area (Å²) >= 11 is 0. The van der Waals surface area contributed by atoms with Crippen LogP contribution in [0.2, 0.25) is 0 Å². The van der Waals surface area contributed by atoms with E-state index < -0.39 is 0 Å². The molecular formula is C15H20N4O. The minimum atomic E-state index is -0.124. The van der Waals surface area contributed by atoms with Gasteiger partial charge in [0.05, 0.1) is 5.54 Å². The van der Waals surface area contributed by atoms with Crippen molar-refractivity contribution in [1.29, 1.82) is 0 Å². The third-order valence-corrected chi connectivity index (χ3v) is 4.02. The number of aromatic nitrogens is 3. The Balaban J connectivity index is 1.95. The largest absolute Gasteiger partial charge is 0.337 e. The van der Waals surface area contributed by atoms with Gasteiger partial charge in [0.2, 0.25) is 11.7 Å². The zero-order chi connectivity index (χ0) is 14.0. The van der Waals surface area contributed by atoms with Crippen molar-refractivity contribution >= 4 is 0 Å². The number of hydrogen-bond donors (Lipinski definition) is 1. The zero-order valence-corrected chi connectivity index (χ0v) is 12.0. The van der Waals surface area contributed by atoms with Gasteiger partial charge in [0.15, 0.2) is 0 Å². The highest BCUT2D eigenvalue weighted by Gasteiger charge is 2.39. The minimum Gasteiger partial charge on any atom is -0.337 e. The van der Waals surface area contributed by atoms with Gasteiger partial charge in [-0.25, -0.2) is 0 Å². The fourth-order valence-electron chi connectivity index (χ4n) is 2.99. The average Bonchev–Trinajstić information content (AvgIpc) is 3.09. The lowest BCUT2D eigenvalue weighted by Crippen LogP contribution is -2.36. The smallest absolute Gasteiger partial charge is 0.247 e. The van der Waals surface area contributed by atoms with Gasteiger partial charge >= 0.3 is 0 Å². The molecule has 5 heteroatoms. The third-order valence-electron chi connectivity index (χ3n) is 4.02. The van der Waals surface area contributed by atoms with Crippen LogP contribution in [0, 0.1) is 6.92 Å². The van der Waals surface area contributed by atoms with E-state index in [1.54, 1.807) is 6.20 Å². The molecule has 2 aromatic heterocycles. The molecule has 106 valence electrons. The standard InChI is InChI=1S/C15H20N4O/c1-3-6-15(7-4-8-17-15)14-18-13(19-20-14)12-5-9-16-10-11(12)2/h5,9-10,17H,3-4,6-8H2,1-2H3. The van der Waals surface area contributed by atoms with Crippen molar-refractivity contribution in [2.24, 2.45) is 0 Å². The summed E-state index contributed by atoms with van der Waals surface area (Å²) in [7, 11) is 0. The molecule has 0 saturated carbocycles. The fourth-order valence-corrected chi connectivity index (χ4v) is 2.99. The number of pyridine rings is 1. The summed E-state index contributed by atoms with van der Waals surface area (Å²) in [5.41, 5.74) is 1.92. The van der Waals surface area contributed by atoms with Crippen molar-refractivity contribution in [1.82, 2.24) is 20.4 Å². The lowest BCUT2D eigenvalue weighted by Gasteiger charge is -2.24. The Bertz CT molecular complexity index is 587. The summed E-state index contributed by atoms with van der Waals surface area (Å²) in [5, 5.41) is 7.72. The van der Waals surface area contributed by atoms with Gasteiger partial charge in [-0.2, -0.15) is 4.98 Å². The molecule has 1 saturated heterocycles. The number of rotatable bonds is 4. The van der Waals surface area contributed by atoms with E-state index in [0.29, 0.717) is 5.82 Å². The molecule has 1 unspecified atom stereocenters. The molecule has 1 fully saturated rings. The van der Waals surface area contributed by atoms with Gasteiger partial charge < -0.3 is 9.84 Å². The molecule has 3 heterocycles. The second-order valence-electron chi connectivity index (χ2n) is 5.48. The SMILES string of the molecule is CCCC1(c2nc(-c3ccncc3C)no2)CCCN1. The van der Waals surface area contributed by atoms with Gasteiger partial charge in [-0.1, -0.05) is 18.5 Å². The molecule has 0 aliphatic carbocycles. The van der Waals surface area contributed by atoms with E-state index >= 15 is 0 Å². The van der Waals surface area contributed by atoms with Crippen molar-refractivity contribution in [3.8, 4) is 11.4 Å². The number of hydrogen-bond acceptors (Lipinski definition) is 5. The van der Waals surface area contributed by atoms with Gasteiger partial charge in [0, 0.05) is 18.0 Å². The maximum absolute atomic E-state index is 5.57. The molecule has 0 aromatic carbocycles. The van der Waals surface area contributed by atoms with Crippen molar-refractivity contribution < 1.29 is 4.52 Å². The maximum atomic E-state index is 5.57. The van der Waals surface area contributed by atoms with Gasteiger partial charge in [-0.15, -0.1) is 0 Å². The van der Waals surface area contributed by atoms with E-state index in [4.69, 9.17) is 4.52 Å². The minimum absolute atomic E-state index is 0.124. The van der Waals surface area contributed by atoms with E-state index in [1.165, 1.54) is 0 Å². The Morgan fingerprint density at radius 2 is 2.35 bits per heavy atom. The van der Waals surface area contributed by atoms with Crippen molar-refractivity contribution in [2.75, 3.05) is 6.54 Å². The predicted molar refractivity (Wildman–Crippen MR) is 76.1 cm³/mol. The van der Waals surface area contributed by atoms with Crippen LogP contribution in [0.15, 0.2) is 23.0 Å². The van der Waals surface area contributed by atoms with Crippen LogP contribution >= 0.6 is 0 Å². The van der Waals surface area contributed by atoms with E-state index in [0.717, 1.165) is 49.2 Å². The van der Waals surface area contributed by atoms with E-state index in [-0.39, 0.29) is 5.54 Å². The van der Waals surface area contributed by atoms with Gasteiger partial charge in [-0.05, 0) is 44.4 Å². The fraction of sp³-hybridized carbons (Fsp3) is 0.533. The zero-order valence-electron chi connectivity index (χ0n) is 12.0. The Hall–Kier alpha value is -1.75. The molecular weight excluding hydrogens is 252 g/mol. The molecule has 3 rings (SSSR count). The van der Waals surface area contributed by atoms with Crippen LogP contribution in [-0.4, -0.2) is 21.7 Å². The Morgan fingerprint density at radius 1 is 1.45 bits per heavy atom. The van der Waals surface area contributed by atoms with E-state index in [9.17, 15) is 0 Å². The predicted octanol–water partition coefficient (Wildman–Crippen LogP) is 2.82. The molecule has 1 aliphatic heterocycles. The molecule has 2 aromatic rings. The highest BCUT2D eigenvalue weighted by atomic mass is 16.5. The summed E-state index contributed by atoms with van der Waals surface area (Å²) in [5.74, 6) is 1.38. The van der Waals surface area contributed by atoms with Gasteiger partial charge in [0.25, 0.3) is 0 Å². The monoisotopic (exact) mass is 272 g/mol. The molecule has 5 nitrogen and oxygen atoms in total. The van der Waals surface area contributed by atoms with Crippen LogP contribution in [-0.2, 0) is 5.54 Å². The van der Waals surface area contributed by atoms with Crippen LogP contribution < -0.4 is 5.32 Å². The molecule has 0 radical (unpaired) electrons. The normalized spacial score (nSPS) is 22.3. The first-order chi connectivity index (χ1) is 9.75. The Labute approximate surface area is 118 Å². The average molecular weight is 272 g/mol. The first-order valence-electron chi connectivity index (χ1n) is 7.25. The number of aryl methyl sites for hydroxylation is 1. The quantitative estimate of drug-likeness (QED) is 0.927. The molecule has 20 heavy (non-hydrogen) atoms.